The lowest BCUT2D eigenvalue weighted by Gasteiger charge is -2.34. The molecule has 1 atom stereocenters. The number of sulfonamides is 1. The number of hydrogen-bond donors (Lipinski definition) is 1. The molecule has 0 heterocycles. The van der Waals surface area contributed by atoms with E-state index in [0.717, 1.165) is 33.8 Å². The van der Waals surface area contributed by atoms with Gasteiger partial charge in [-0.2, -0.15) is 0 Å². The lowest BCUT2D eigenvalue weighted by Crippen LogP contribution is -2.53. The molecule has 0 spiro atoms. The lowest BCUT2D eigenvalue weighted by molar-refractivity contribution is -0.140. The van der Waals surface area contributed by atoms with Crippen molar-refractivity contribution in [2.75, 3.05) is 17.4 Å². The van der Waals surface area contributed by atoms with Gasteiger partial charge < -0.3 is 10.2 Å². The van der Waals surface area contributed by atoms with Gasteiger partial charge in [0.1, 0.15) is 12.6 Å². The van der Waals surface area contributed by atoms with Crippen LogP contribution in [0.2, 0.25) is 0 Å². The minimum absolute atomic E-state index is 0.0797. The molecule has 0 saturated carbocycles. The van der Waals surface area contributed by atoms with Crippen molar-refractivity contribution in [3.05, 3.63) is 132 Å². The Hall–Kier alpha value is -4.43. The molecule has 0 aliphatic carbocycles. The van der Waals surface area contributed by atoms with E-state index in [1.807, 2.05) is 86.6 Å². The highest BCUT2D eigenvalue weighted by atomic mass is 32.2. The molecule has 0 fully saturated rings. The van der Waals surface area contributed by atoms with Crippen LogP contribution in [0.4, 0.5) is 5.69 Å². The van der Waals surface area contributed by atoms with Crippen LogP contribution in [0.15, 0.2) is 120 Å². The lowest BCUT2D eigenvalue weighted by atomic mass is 10.0. The number of carbonyl (C=O) groups excluding carboxylic acids is 2. The van der Waals surface area contributed by atoms with Gasteiger partial charge >= 0.3 is 0 Å². The molecule has 0 aromatic heterocycles. The Bertz CT molecular complexity index is 1560. The molecule has 43 heavy (non-hydrogen) atoms. The highest BCUT2D eigenvalue weighted by molar-refractivity contribution is 7.92. The van der Waals surface area contributed by atoms with Crippen LogP contribution < -0.4 is 9.62 Å². The monoisotopic (exact) mass is 597 g/mol. The van der Waals surface area contributed by atoms with Crippen LogP contribution in [0.5, 0.6) is 0 Å². The minimum Gasteiger partial charge on any atom is -0.354 e. The van der Waals surface area contributed by atoms with Crippen LogP contribution in [0, 0.1) is 6.92 Å². The van der Waals surface area contributed by atoms with Crippen LogP contribution in [-0.4, -0.2) is 44.3 Å². The average molecular weight is 598 g/mol. The summed E-state index contributed by atoms with van der Waals surface area (Å²) >= 11 is 0. The summed E-state index contributed by atoms with van der Waals surface area (Å²) in [6, 6.07) is 33.2. The second-order valence-corrected chi connectivity index (χ2v) is 12.4. The molecule has 4 aromatic rings. The van der Waals surface area contributed by atoms with Crippen molar-refractivity contribution in [3.8, 4) is 0 Å². The predicted molar refractivity (Wildman–Crippen MR) is 171 cm³/mol. The fourth-order valence-electron chi connectivity index (χ4n) is 4.80. The summed E-state index contributed by atoms with van der Waals surface area (Å²) in [5.41, 5.74) is 3.07. The quantitative estimate of drug-likeness (QED) is 0.188. The second-order valence-electron chi connectivity index (χ2n) is 10.5. The SMILES string of the molecule is CCCCNC(=O)C(Cc1ccccc1)N(Cc1ccccc1)C(=O)CN(c1ccc(C)cc1)S(=O)(=O)c1ccccc1. The highest BCUT2D eigenvalue weighted by Crippen LogP contribution is 2.25. The Labute approximate surface area is 255 Å². The maximum absolute atomic E-state index is 14.4. The van der Waals surface area contributed by atoms with Crippen molar-refractivity contribution in [3.63, 3.8) is 0 Å². The van der Waals surface area contributed by atoms with Crippen molar-refractivity contribution >= 4 is 27.5 Å². The molecule has 7 nitrogen and oxygen atoms in total. The number of aryl methyl sites for hydroxylation is 1. The first-order chi connectivity index (χ1) is 20.8. The topological polar surface area (TPSA) is 86.8 Å². The van der Waals surface area contributed by atoms with Gasteiger partial charge in [-0.3, -0.25) is 13.9 Å². The van der Waals surface area contributed by atoms with Gasteiger partial charge in [0.2, 0.25) is 11.8 Å². The van der Waals surface area contributed by atoms with E-state index in [4.69, 9.17) is 0 Å². The number of amides is 2. The van der Waals surface area contributed by atoms with Gasteiger partial charge in [0.25, 0.3) is 10.0 Å². The Morgan fingerprint density at radius 2 is 1.33 bits per heavy atom. The van der Waals surface area contributed by atoms with Crippen molar-refractivity contribution in [2.45, 2.75) is 50.6 Å². The molecule has 4 aromatic carbocycles. The highest BCUT2D eigenvalue weighted by Gasteiger charge is 2.34. The van der Waals surface area contributed by atoms with Gasteiger partial charge in [-0.05, 0) is 48.7 Å². The molecule has 4 rings (SSSR count). The molecule has 1 N–H and O–H groups in total. The first-order valence-corrected chi connectivity index (χ1v) is 16.0. The van der Waals surface area contributed by atoms with E-state index < -0.39 is 28.5 Å². The number of anilines is 1. The van der Waals surface area contributed by atoms with Gasteiger partial charge in [-0.15, -0.1) is 0 Å². The zero-order valence-corrected chi connectivity index (χ0v) is 25.5. The summed E-state index contributed by atoms with van der Waals surface area (Å²) in [5, 5.41) is 3.01. The Morgan fingerprint density at radius 3 is 1.91 bits per heavy atom. The largest absolute Gasteiger partial charge is 0.354 e. The third kappa shape index (κ3) is 8.55. The normalized spacial score (nSPS) is 11.9. The number of nitrogens with one attached hydrogen (secondary N) is 1. The molecule has 0 aliphatic rings. The van der Waals surface area contributed by atoms with E-state index in [1.54, 1.807) is 30.3 Å². The number of rotatable bonds is 14. The summed E-state index contributed by atoms with van der Waals surface area (Å²) in [6.45, 7) is 4.13. The van der Waals surface area contributed by atoms with Crippen molar-refractivity contribution in [1.82, 2.24) is 10.2 Å². The molecule has 1 unspecified atom stereocenters. The molecule has 0 aliphatic heterocycles. The van der Waals surface area contributed by atoms with Gasteiger partial charge in [-0.25, -0.2) is 8.42 Å². The smallest absolute Gasteiger partial charge is 0.264 e. The molecule has 0 saturated heterocycles. The van der Waals surface area contributed by atoms with Gasteiger partial charge in [0, 0.05) is 19.5 Å². The zero-order chi connectivity index (χ0) is 30.7. The summed E-state index contributed by atoms with van der Waals surface area (Å²) in [5.74, 6) is -0.745. The van der Waals surface area contributed by atoms with Crippen molar-refractivity contribution in [2.24, 2.45) is 0 Å². The van der Waals surface area contributed by atoms with Crippen LogP contribution >= 0.6 is 0 Å². The van der Waals surface area contributed by atoms with Crippen LogP contribution in [-0.2, 0) is 32.6 Å². The maximum Gasteiger partial charge on any atom is 0.264 e. The van der Waals surface area contributed by atoms with E-state index >= 15 is 0 Å². The zero-order valence-electron chi connectivity index (χ0n) is 24.7. The Morgan fingerprint density at radius 1 is 0.767 bits per heavy atom. The first kappa shape index (κ1) is 31.5. The molecular weight excluding hydrogens is 558 g/mol. The number of hydrogen-bond acceptors (Lipinski definition) is 4. The molecular formula is C35H39N3O4S. The molecule has 2 amide bonds. The Kier molecular flexibility index (Phi) is 11.1. The molecule has 0 radical (unpaired) electrons. The third-order valence-corrected chi connectivity index (χ3v) is 9.02. The van der Waals surface area contributed by atoms with E-state index in [1.165, 1.54) is 17.0 Å². The minimum atomic E-state index is -4.11. The predicted octanol–water partition coefficient (Wildman–Crippen LogP) is 5.75. The van der Waals surface area contributed by atoms with E-state index in [-0.39, 0.29) is 23.8 Å². The number of benzene rings is 4. The summed E-state index contributed by atoms with van der Waals surface area (Å²) in [4.78, 5) is 29.7. The van der Waals surface area contributed by atoms with Crippen molar-refractivity contribution < 1.29 is 18.0 Å². The Balaban J connectivity index is 1.76. The van der Waals surface area contributed by atoms with Crippen LogP contribution in [0.3, 0.4) is 0 Å². The molecule has 8 heteroatoms. The van der Waals surface area contributed by atoms with Crippen LogP contribution in [0.25, 0.3) is 0 Å². The summed E-state index contributed by atoms with van der Waals surface area (Å²) in [6.07, 6.45) is 2.01. The number of unbranched alkanes of at least 4 members (excludes halogenated alkanes) is 1. The number of carbonyl (C=O) groups is 2. The summed E-state index contributed by atoms with van der Waals surface area (Å²) in [7, 11) is -4.11. The van der Waals surface area contributed by atoms with E-state index in [9.17, 15) is 18.0 Å². The van der Waals surface area contributed by atoms with Crippen LogP contribution in [0.1, 0.15) is 36.5 Å². The molecule has 0 bridgehead atoms. The van der Waals surface area contributed by atoms with Gasteiger partial charge in [0.15, 0.2) is 0 Å². The fourth-order valence-corrected chi connectivity index (χ4v) is 6.23. The number of nitrogens with zero attached hydrogens (tertiary/aromatic N) is 2. The fraction of sp³-hybridized carbons (Fsp3) is 0.257. The van der Waals surface area contributed by atoms with E-state index in [0.29, 0.717) is 12.2 Å². The van der Waals surface area contributed by atoms with Crippen molar-refractivity contribution in [1.29, 1.82) is 0 Å². The summed E-state index contributed by atoms with van der Waals surface area (Å²) < 4.78 is 29.1. The molecule has 224 valence electrons. The maximum atomic E-state index is 14.4. The average Bonchev–Trinajstić information content (AvgIpc) is 3.03. The third-order valence-electron chi connectivity index (χ3n) is 7.23. The second kappa shape index (κ2) is 15.2. The standard InChI is InChI=1S/C35H39N3O4S/c1-3-4-24-36-35(40)33(25-29-14-8-5-9-15-29)37(26-30-16-10-6-11-17-30)34(39)27-38(31-22-20-28(2)21-23-31)43(41,42)32-18-12-7-13-19-32/h5-23,33H,3-4,24-27H2,1-2H3,(H,36,40). The van der Waals surface area contributed by atoms with Gasteiger partial charge in [-0.1, -0.05) is 110 Å². The van der Waals surface area contributed by atoms with Gasteiger partial charge in [0.05, 0.1) is 10.6 Å². The van der Waals surface area contributed by atoms with E-state index in [2.05, 4.69) is 5.32 Å². The first-order valence-electron chi connectivity index (χ1n) is 14.6.